The Kier molecular flexibility index (Phi) is 6.35. The number of rotatable bonds is 7. The molecular weight excluding hydrogens is 384 g/mol. The van der Waals surface area contributed by atoms with E-state index in [0.717, 1.165) is 30.8 Å². The number of benzene rings is 1. The summed E-state index contributed by atoms with van der Waals surface area (Å²) in [6, 6.07) is 10.9. The number of aromatic nitrogens is 4. The highest BCUT2D eigenvalue weighted by atomic mass is 16.5. The maximum absolute atomic E-state index is 5.41. The minimum absolute atomic E-state index is 0.0498. The molecule has 0 saturated carbocycles. The molecule has 0 saturated heterocycles. The first kappa shape index (κ1) is 23.1. The molecule has 166 valence electrons. The molecule has 0 atom stereocenters. The molecule has 3 rings (SSSR count). The average molecular weight is 421 g/mol. The van der Waals surface area contributed by atoms with Crippen molar-refractivity contribution in [1.82, 2.24) is 20.1 Å². The summed E-state index contributed by atoms with van der Waals surface area (Å²) in [6.45, 7) is 17.4. The summed E-state index contributed by atoms with van der Waals surface area (Å²) in [5.74, 6) is 2.18. The Labute approximate surface area is 186 Å². The van der Waals surface area contributed by atoms with Gasteiger partial charge in [-0.1, -0.05) is 77.9 Å². The third-order valence-corrected chi connectivity index (χ3v) is 5.61. The Hall–Kier alpha value is -2.56. The fourth-order valence-corrected chi connectivity index (χ4v) is 3.92. The third-order valence-electron chi connectivity index (χ3n) is 5.61. The van der Waals surface area contributed by atoms with E-state index in [1.54, 1.807) is 0 Å². The fraction of sp³-hybridized carbons (Fsp3) is 0.538. The highest BCUT2D eigenvalue weighted by Gasteiger charge is 2.29. The Morgan fingerprint density at radius 1 is 0.871 bits per heavy atom. The molecule has 0 aliphatic heterocycles. The first-order valence-electron chi connectivity index (χ1n) is 11.1. The largest absolute Gasteiger partial charge is 0.339 e. The predicted molar refractivity (Wildman–Crippen MR) is 124 cm³/mol. The van der Waals surface area contributed by atoms with Crippen LogP contribution in [0.3, 0.4) is 0 Å². The molecule has 0 bridgehead atoms. The van der Waals surface area contributed by atoms with Crippen LogP contribution in [0.15, 0.2) is 41.1 Å². The molecule has 5 heteroatoms. The summed E-state index contributed by atoms with van der Waals surface area (Å²) < 4.78 is 5.41. The maximum Gasteiger partial charge on any atom is 0.232 e. The van der Waals surface area contributed by atoms with Gasteiger partial charge >= 0.3 is 0 Å². The summed E-state index contributed by atoms with van der Waals surface area (Å²) in [5.41, 5.74) is 3.65. The normalized spacial score (nSPS) is 12.9. The van der Waals surface area contributed by atoms with E-state index in [1.807, 2.05) is 19.2 Å². The summed E-state index contributed by atoms with van der Waals surface area (Å²) in [7, 11) is 0. The Balaban J connectivity index is 1.72. The molecular formula is C26H36N4O. The van der Waals surface area contributed by atoms with Gasteiger partial charge in [0.05, 0.1) is 0 Å². The number of nitrogens with zero attached hydrogens (tertiary/aromatic N) is 4. The molecule has 2 heterocycles. The van der Waals surface area contributed by atoms with Gasteiger partial charge in [-0.15, -0.1) is 0 Å². The second-order valence-electron chi connectivity index (χ2n) is 11.1. The summed E-state index contributed by atoms with van der Waals surface area (Å²) in [4.78, 5) is 13.9. The Morgan fingerprint density at radius 2 is 1.61 bits per heavy atom. The van der Waals surface area contributed by atoms with E-state index in [4.69, 9.17) is 9.51 Å². The minimum Gasteiger partial charge on any atom is -0.339 e. The van der Waals surface area contributed by atoms with E-state index in [0.29, 0.717) is 11.7 Å². The zero-order valence-corrected chi connectivity index (χ0v) is 20.3. The van der Waals surface area contributed by atoms with Crippen LogP contribution in [0.5, 0.6) is 0 Å². The quantitative estimate of drug-likeness (QED) is 0.483. The molecule has 0 aliphatic rings. The summed E-state index contributed by atoms with van der Waals surface area (Å²) >= 11 is 0. The first-order chi connectivity index (χ1) is 14.3. The van der Waals surface area contributed by atoms with Crippen LogP contribution in [0.2, 0.25) is 0 Å². The summed E-state index contributed by atoms with van der Waals surface area (Å²) in [5, 5.41) is 3.93. The van der Waals surface area contributed by atoms with Crippen molar-refractivity contribution in [1.29, 1.82) is 0 Å². The van der Waals surface area contributed by atoms with Gasteiger partial charge in [0.1, 0.15) is 5.82 Å². The molecule has 0 unspecified atom stereocenters. The molecule has 3 aromatic rings. The van der Waals surface area contributed by atoms with E-state index in [-0.39, 0.29) is 16.2 Å². The van der Waals surface area contributed by atoms with Gasteiger partial charge < -0.3 is 4.52 Å². The van der Waals surface area contributed by atoms with E-state index < -0.39 is 0 Å². The van der Waals surface area contributed by atoms with Crippen LogP contribution in [0.25, 0.3) is 0 Å². The van der Waals surface area contributed by atoms with Crippen LogP contribution in [0.4, 0.5) is 0 Å². The lowest BCUT2D eigenvalue weighted by Crippen LogP contribution is -2.23. The molecule has 1 aromatic carbocycles. The van der Waals surface area contributed by atoms with Crippen molar-refractivity contribution in [3.8, 4) is 0 Å². The van der Waals surface area contributed by atoms with Crippen molar-refractivity contribution >= 4 is 0 Å². The van der Waals surface area contributed by atoms with Gasteiger partial charge in [0, 0.05) is 30.1 Å². The van der Waals surface area contributed by atoms with Crippen molar-refractivity contribution in [2.75, 3.05) is 0 Å². The van der Waals surface area contributed by atoms with Crippen molar-refractivity contribution < 1.29 is 4.52 Å². The van der Waals surface area contributed by atoms with Crippen LogP contribution < -0.4 is 0 Å². The van der Waals surface area contributed by atoms with Crippen molar-refractivity contribution in [3.05, 3.63) is 70.9 Å². The number of hydrogen-bond donors (Lipinski definition) is 0. The van der Waals surface area contributed by atoms with Gasteiger partial charge in [0.2, 0.25) is 5.89 Å². The van der Waals surface area contributed by atoms with Gasteiger partial charge in [0.25, 0.3) is 0 Å². The van der Waals surface area contributed by atoms with Crippen molar-refractivity contribution in [2.45, 2.75) is 85.5 Å². The molecule has 31 heavy (non-hydrogen) atoms. The van der Waals surface area contributed by atoms with Gasteiger partial charge in [-0.2, -0.15) is 4.98 Å². The molecule has 0 spiro atoms. The molecule has 5 nitrogen and oxygen atoms in total. The first-order valence-corrected chi connectivity index (χ1v) is 11.1. The highest BCUT2D eigenvalue weighted by Crippen LogP contribution is 2.30. The monoisotopic (exact) mass is 420 g/mol. The number of hydrogen-bond acceptors (Lipinski definition) is 5. The molecule has 2 aromatic heterocycles. The van der Waals surface area contributed by atoms with Crippen LogP contribution >= 0.6 is 0 Å². The summed E-state index contributed by atoms with van der Waals surface area (Å²) in [6.07, 6.45) is 4.39. The van der Waals surface area contributed by atoms with E-state index in [1.165, 1.54) is 11.1 Å². The lowest BCUT2D eigenvalue weighted by Gasteiger charge is -2.26. The lowest BCUT2D eigenvalue weighted by atomic mass is 9.80. The second kappa shape index (κ2) is 8.52. The lowest BCUT2D eigenvalue weighted by molar-refractivity contribution is 0.302. The van der Waals surface area contributed by atoms with Crippen LogP contribution in [-0.4, -0.2) is 20.1 Å². The average Bonchev–Trinajstić information content (AvgIpc) is 3.08. The SMILES string of the molecule is Cc1noc(C(C)(C)Cc2ccnc(CC(C)(C)Cc3cccc(C(C)(C)C)c3)n2)n1. The molecule has 0 radical (unpaired) electrons. The van der Waals surface area contributed by atoms with Gasteiger partial charge in [-0.25, -0.2) is 9.97 Å². The van der Waals surface area contributed by atoms with Crippen LogP contribution in [-0.2, 0) is 30.1 Å². The highest BCUT2D eigenvalue weighted by molar-refractivity contribution is 5.29. The fourth-order valence-electron chi connectivity index (χ4n) is 3.92. The predicted octanol–water partition coefficient (Wildman–Crippen LogP) is 5.80. The van der Waals surface area contributed by atoms with Crippen molar-refractivity contribution in [2.24, 2.45) is 5.41 Å². The third kappa shape index (κ3) is 6.22. The Morgan fingerprint density at radius 3 is 2.26 bits per heavy atom. The topological polar surface area (TPSA) is 64.7 Å². The van der Waals surface area contributed by atoms with Crippen LogP contribution in [0, 0.1) is 12.3 Å². The zero-order chi connectivity index (χ0) is 22.9. The number of aryl methyl sites for hydroxylation is 1. The van der Waals surface area contributed by atoms with Crippen molar-refractivity contribution in [3.63, 3.8) is 0 Å². The zero-order valence-electron chi connectivity index (χ0n) is 20.3. The second-order valence-corrected chi connectivity index (χ2v) is 11.1. The molecule has 0 fully saturated rings. The van der Waals surface area contributed by atoms with Gasteiger partial charge in [-0.05, 0) is 41.4 Å². The smallest absolute Gasteiger partial charge is 0.232 e. The standard InChI is InChI=1S/C26H36N4O/c1-18-28-23(31-30-18)26(7,8)16-21-12-13-27-22(29-21)17-25(5,6)15-19-10-9-11-20(14-19)24(2,3)4/h9-14H,15-17H2,1-8H3. The van der Waals surface area contributed by atoms with Gasteiger partial charge in [-0.3, -0.25) is 0 Å². The maximum atomic E-state index is 5.41. The van der Waals surface area contributed by atoms with Crippen LogP contribution in [0.1, 0.15) is 82.8 Å². The van der Waals surface area contributed by atoms with E-state index >= 15 is 0 Å². The minimum atomic E-state index is -0.282. The van der Waals surface area contributed by atoms with E-state index in [2.05, 4.69) is 87.9 Å². The molecule has 0 amide bonds. The van der Waals surface area contributed by atoms with Gasteiger partial charge in [0.15, 0.2) is 5.82 Å². The molecule has 0 aliphatic carbocycles. The Bertz CT molecular complexity index is 1030. The van der Waals surface area contributed by atoms with E-state index in [9.17, 15) is 0 Å². The molecule has 0 N–H and O–H groups in total.